The van der Waals surface area contributed by atoms with Crippen LogP contribution in [-0.2, 0) is 0 Å². The molecule has 3 aromatic heterocycles. The second-order valence-corrected chi connectivity index (χ2v) is 9.26. The maximum Gasteiger partial charge on any atom is 0.154 e. The highest BCUT2D eigenvalue weighted by atomic mass is 35.5. The summed E-state index contributed by atoms with van der Waals surface area (Å²) in [6, 6.07) is 2.23. The van der Waals surface area contributed by atoms with E-state index in [1.54, 1.807) is 6.20 Å². The summed E-state index contributed by atoms with van der Waals surface area (Å²) in [4.78, 5) is 15.8. The monoisotopic (exact) mass is 409 g/mol. The zero-order valence-corrected chi connectivity index (χ0v) is 16.9. The molecule has 7 nitrogen and oxygen atoms in total. The third-order valence-corrected chi connectivity index (χ3v) is 7.87. The van der Waals surface area contributed by atoms with Crippen molar-refractivity contribution in [2.24, 2.45) is 23.0 Å². The predicted molar refractivity (Wildman–Crippen MR) is 114 cm³/mol. The molecule has 6 rings (SSSR count). The van der Waals surface area contributed by atoms with Crippen LogP contribution in [0.1, 0.15) is 25.7 Å². The molecule has 0 bridgehead atoms. The molecule has 1 spiro atoms. The number of pyridine rings is 1. The number of nitrogen functional groups attached to an aromatic ring is 1. The molecule has 3 aromatic rings. The van der Waals surface area contributed by atoms with Crippen molar-refractivity contribution in [3.63, 3.8) is 0 Å². The molecule has 0 amide bonds. The zero-order chi connectivity index (χ0) is 19.8. The van der Waals surface area contributed by atoms with Crippen LogP contribution < -0.4 is 16.4 Å². The molecule has 150 valence electrons. The number of hydrogen-bond acceptors (Lipinski definition) is 6. The molecule has 4 N–H and O–H groups in total. The number of anilines is 2. The number of hydrogen-bond donors (Lipinski definition) is 2. The maximum absolute atomic E-state index is 6.62. The Balaban J connectivity index is 1.32. The quantitative estimate of drug-likeness (QED) is 0.675. The van der Waals surface area contributed by atoms with Gasteiger partial charge >= 0.3 is 0 Å². The molecule has 3 aliphatic rings. The third kappa shape index (κ3) is 2.50. The number of aromatic nitrogens is 4. The summed E-state index contributed by atoms with van der Waals surface area (Å²) >= 11 is 6.39. The summed E-state index contributed by atoms with van der Waals surface area (Å²) < 4.78 is 2.03. The van der Waals surface area contributed by atoms with E-state index < -0.39 is 0 Å². The summed E-state index contributed by atoms with van der Waals surface area (Å²) in [5.41, 5.74) is 14.6. The molecule has 0 aromatic carbocycles. The van der Waals surface area contributed by atoms with E-state index in [1.165, 1.54) is 12.8 Å². The smallest absolute Gasteiger partial charge is 0.154 e. The van der Waals surface area contributed by atoms with E-state index >= 15 is 0 Å². The van der Waals surface area contributed by atoms with Crippen LogP contribution in [0.2, 0.25) is 5.02 Å². The molecule has 2 aliphatic carbocycles. The lowest BCUT2D eigenvalue weighted by atomic mass is 9.72. The van der Waals surface area contributed by atoms with Gasteiger partial charge in [-0.3, -0.25) is 4.40 Å². The molecule has 3 atom stereocenters. The topological polar surface area (TPSA) is 98.4 Å². The first kappa shape index (κ1) is 17.5. The molecule has 29 heavy (non-hydrogen) atoms. The zero-order valence-electron chi connectivity index (χ0n) is 16.1. The van der Waals surface area contributed by atoms with Gasteiger partial charge in [0.05, 0.1) is 11.2 Å². The minimum absolute atomic E-state index is 0.308. The van der Waals surface area contributed by atoms with E-state index in [-0.39, 0.29) is 0 Å². The van der Waals surface area contributed by atoms with Crippen molar-refractivity contribution >= 4 is 28.8 Å². The van der Waals surface area contributed by atoms with Gasteiger partial charge < -0.3 is 16.4 Å². The fourth-order valence-electron chi connectivity index (χ4n) is 5.75. The molecular weight excluding hydrogens is 386 g/mol. The van der Waals surface area contributed by atoms with E-state index in [2.05, 4.69) is 14.9 Å². The second-order valence-electron chi connectivity index (χ2n) is 8.88. The van der Waals surface area contributed by atoms with Crippen LogP contribution in [0.25, 0.3) is 16.9 Å². The van der Waals surface area contributed by atoms with Crippen molar-refractivity contribution in [2.45, 2.75) is 31.7 Å². The van der Waals surface area contributed by atoms with Gasteiger partial charge in [-0.05, 0) is 49.0 Å². The molecule has 2 saturated carbocycles. The van der Waals surface area contributed by atoms with Gasteiger partial charge in [0, 0.05) is 43.3 Å². The average Bonchev–Trinajstić information content (AvgIpc) is 3.27. The summed E-state index contributed by atoms with van der Waals surface area (Å²) in [6.45, 7) is 1.98. The average molecular weight is 410 g/mol. The van der Waals surface area contributed by atoms with Gasteiger partial charge in [0.15, 0.2) is 5.82 Å². The number of nitrogens with two attached hydrogens (primary N) is 2. The van der Waals surface area contributed by atoms with E-state index in [9.17, 15) is 0 Å². The third-order valence-electron chi connectivity index (χ3n) is 7.47. The lowest BCUT2D eigenvalue weighted by Crippen LogP contribution is -2.48. The van der Waals surface area contributed by atoms with Crippen LogP contribution in [0.4, 0.5) is 11.6 Å². The van der Waals surface area contributed by atoms with Crippen molar-refractivity contribution in [3.05, 3.63) is 35.9 Å². The Labute approximate surface area is 174 Å². The predicted octanol–water partition coefficient (Wildman–Crippen LogP) is 2.98. The van der Waals surface area contributed by atoms with Crippen LogP contribution in [-0.4, -0.2) is 38.5 Å². The summed E-state index contributed by atoms with van der Waals surface area (Å²) in [5.74, 6) is 3.71. The Bertz CT molecular complexity index is 1100. The van der Waals surface area contributed by atoms with Crippen molar-refractivity contribution < 1.29 is 0 Å². The fraction of sp³-hybridized carbons (Fsp3) is 0.476. The Kier molecular flexibility index (Phi) is 3.65. The normalized spacial score (nSPS) is 27.5. The Morgan fingerprint density at radius 1 is 1.14 bits per heavy atom. The first-order valence-electron chi connectivity index (χ1n) is 10.3. The van der Waals surface area contributed by atoms with Gasteiger partial charge in [-0.1, -0.05) is 11.6 Å². The Morgan fingerprint density at radius 2 is 1.97 bits per heavy atom. The van der Waals surface area contributed by atoms with E-state index in [4.69, 9.17) is 28.1 Å². The van der Waals surface area contributed by atoms with Crippen molar-refractivity contribution in [3.8, 4) is 11.4 Å². The highest BCUT2D eigenvalue weighted by molar-refractivity contribution is 6.35. The first-order chi connectivity index (χ1) is 14.1. The molecule has 1 saturated heterocycles. The molecule has 2 unspecified atom stereocenters. The fourth-order valence-corrected chi connectivity index (χ4v) is 5.94. The molecule has 0 radical (unpaired) electrons. The van der Waals surface area contributed by atoms with Gasteiger partial charge in [-0.25, -0.2) is 15.0 Å². The van der Waals surface area contributed by atoms with Crippen LogP contribution in [0, 0.1) is 17.3 Å². The largest absolute Gasteiger partial charge is 0.382 e. The van der Waals surface area contributed by atoms with Crippen molar-refractivity contribution in [1.29, 1.82) is 0 Å². The van der Waals surface area contributed by atoms with Crippen molar-refractivity contribution in [2.75, 3.05) is 23.7 Å². The van der Waals surface area contributed by atoms with Crippen LogP contribution in [0.3, 0.4) is 0 Å². The number of imidazole rings is 1. The molecule has 8 heteroatoms. The Morgan fingerprint density at radius 3 is 2.72 bits per heavy atom. The highest BCUT2D eigenvalue weighted by Gasteiger charge is 2.59. The van der Waals surface area contributed by atoms with Crippen LogP contribution in [0.5, 0.6) is 0 Å². The summed E-state index contributed by atoms with van der Waals surface area (Å²) in [5, 5.41) is 0.423. The van der Waals surface area contributed by atoms with Gasteiger partial charge in [-0.2, -0.15) is 0 Å². The van der Waals surface area contributed by atoms with Gasteiger partial charge in [0.25, 0.3) is 0 Å². The summed E-state index contributed by atoms with van der Waals surface area (Å²) in [6.07, 6.45) is 12.2. The lowest BCUT2D eigenvalue weighted by molar-refractivity contribution is 0.172. The molecule has 1 aliphatic heterocycles. The molecule has 4 heterocycles. The molecule has 3 fully saturated rings. The van der Waals surface area contributed by atoms with E-state index in [1.807, 2.05) is 29.1 Å². The van der Waals surface area contributed by atoms with E-state index in [0.717, 1.165) is 60.5 Å². The van der Waals surface area contributed by atoms with Gasteiger partial charge in [0.2, 0.25) is 0 Å². The number of piperidine rings is 1. The minimum atomic E-state index is 0.308. The number of fused-ring (bicyclic) bond motifs is 2. The first-order valence-corrected chi connectivity index (χ1v) is 10.7. The standard InChI is InChI=1S/C21H24ClN7/c22-16-13(1-4-25-18(16)24)19-27-11-15-20(26-5-8-29(15)19)28-6-2-21(3-7-28)10-12-9-14(12)17(21)23/h1,4-5,8,11-12,14,17H,2-3,6-7,9-10,23H2,(H2,24,25)/t12?,14?,17-/m1/s1. The Hall–Kier alpha value is -2.38. The highest BCUT2D eigenvalue weighted by Crippen LogP contribution is 2.62. The number of nitrogens with zero attached hydrogens (tertiary/aromatic N) is 5. The van der Waals surface area contributed by atoms with Crippen LogP contribution in [0.15, 0.2) is 30.9 Å². The van der Waals surface area contributed by atoms with Gasteiger partial charge in [-0.15, -0.1) is 0 Å². The lowest BCUT2D eigenvalue weighted by Gasteiger charge is -2.44. The SMILES string of the molecule is Nc1nccc(-c2ncc3c(N4CCC5(CC4)CC4CC4[C@H]5N)nccn23)c1Cl. The second kappa shape index (κ2) is 6.06. The van der Waals surface area contributed by atoms with Crippen LogP contribution >= 0.6 is 11.6 Å². The minimum Gasteiger partial charge on any atom is -0.382 e. The van der Waals surface area contributed by atoms with E-state index in [0.29, 0.717) is 22.3 Å². The number of rotatable bonds is 2. The van der Waals surface area contributed by atoms with Crippen molar-refractivity contribution in [1.82, 2.24) is 19.4 Å². The molecular formula is C21H24ClN7. The summed E-state index contributed by atoms with van der Waals surface area (Å²) in [7, 11) is 0. The van der Waals surface area contributed by atoms with Gasteiger partial charge in [0.1, 0.15) is 17.2 Å². The number of halogens is 1. The maximum atomic E-state index is 6.62.